The van der Waals surface area contributed by atoms with Crippen LogP contribution in [0, 0.1) is 17.0 Å². The van der Waals surface area contributed by atoms with Crippen molar-refractivity contribution in [2.24, 2.45) is 0 Å². The highest BCUT2D eigenvalue weighted by Crippen LogP contribution is 2.32. The molecule has 1 aliphatic heterocycles. The number of hydrogen-bond donors (Lipinski definition) is 0. The van der Waals surface area contributed by atoms with Gasteiger partial charge in [-0.3, -0.25) is 19.7 Å². The molecule has 0 unspecified atom stereocenters. The first-order valence-electron chi connectivity index (χ1n) is 8.14. The van der Waals surface area contributed by atoms with E-state index < -0.39 is 4.92 Å². The fraction of sp³-hybridized carbons (Fsp3) is 0.263. The molecular formula is C19H18N2O4. The normalized spacial score (nSPS) is 12.8. The highest BCUT2D eigenvalue weighted by molar-refractivity contribution is 6.02. The molecule has 3 rings (SSSR count). The van der Waals surface area contributed by atoms with E-state index in [1.165, 1.54) is 12.1 Å². The van der Waals surface area contributed by atoms with Gasteiger partial charge in [-0.15, -0.1) is 0 Å². The molecule has 0 atom stereocenters. The number of rotatable bonds is 5. The summed E-state index contributed by atoms with van der Waals surface area (Å²) in [6.45, 7) is 2.36. The molecule has 0 N–H and O–H groups in total. The summed E-state index contributed by atoms with van der Waals surface area (Å²) in [6.07, 6.45) is 0.893. The number of nitrogens with zero attached hydrogens (tertiary/aromatic N) is 2. The lowest BCUT2D eigenvalue weighted by Crippen LogP contribution is -2.29. The maximum absolute atomic E-state index is 12.5. The van der Waals surface area contributed by atoms with E-state index >= 15 is 0 Å². The zero-order chi connectivity index (χ0) is 18.0. The minimum absolute atomic E-state index is 0.0329. The summed E-state index contributed by atoms with van der Waals surface area (Å²) in [4.78, 5) is 36.8. The first-order chi connectivity index (χ1) is 12.0. The Morgan fingerprint density at radius 3 is 2.64 bits per heavy atom. The van der Waals surface area contributed by atoms with Crippen molar-refractivity contribution in [1.29, 1.82) is 0 Å². The van der Waals surface area contributed by atoms with Crippen molar-refractivity contribution in [1.82, 2.24) is 0 Å². The van der Waals surface area contributed by atoms with Gasteiger partial charge in [-0.05, 0) is 24.5 Å². The quantitative estimate of drug-likeness (QED) is 0.475. The number of hydrogen-bond acceptors (Lipinski definition) is 4. The maximum Gasteiger partial charge on any atom is 0.271 e. The minimum atomic E-state index is -0.469. The summed E-state index contributed by atoms with van der Waals surface area (Å²) in [5.74, 6) is -0.244. The Hall–Kier alpha value is -3.02. The van der Waals surface area contributed by atoms with E-state index in [0.717, 1.165) is 11.1 Å². The van der Waals surface area contributed by atoms with Gasteiger partial charge in [0.1, 0.15) is 0 Å². The molecule has 0 saturated heterocycles. The zero-order valence-electron chi connectivity index (χ0n) is 13.9. The van der Waals surface area contributed by atoms with Crippen LogP contribution in [-0.4, -0.2) is 23.2 Å². The van der Waals surface area contributed by atoms with E-state index in [2.05, 4.69) is 0 Å². The van der Waals surface area contributed by atoms with Crippen molar-refractivity contribution < 1.29 is 14.5 Å². The molecule has 0 bridgehead atoms. The number of anilines is 1. The highest BCUT2D eigenvalue weighted by atomic mass is 16.6. The molecule has 0 aromatic heterocycles. The smallest absolute Gasteiger partial charge is 0.271 e. The summed E-state index contributed by atoms with van der Waals surface area (Å²) >= 11 is 0. The predicted molar refractivity (Wildman–Crippen MR) is 93.9 cm³/mol. The molecule has 1 heterocycles. The molecule has 25 heavy (non-hydrogen) atoms. The van der Waals surface area contributed by atoms with Crippen LogP contribution in [0.2, 0.25) is 0 Å². The number of carbonyl (C=O) groups is 2. The average molecular weight is 338 g/mol. The lowest BCUT2D eigenvalue weighted by molar-refractivity contribution is -0.384. The van der Waals surface area contributed by atoms with Crippen LogP contribution in [0.15, 0.2) is 42.5 Å². The lowest BCUT2D eigenvalue weighted by atomic mass is 10.0. The van der Waals surface area contributed by atoms with E-state index in [0.29, 0.717) is 24.2 Å². The number of amides is 1. The number of fused-ring (bicyclic) bond motifs is 1. The topological polar surface area (TPSA) is 80.5 Å². The lowest BCUT2D eigenvalue weighted by Gasteiger charge is -2.17. The van der Waals surface area contributed by atoms with Crippen molar-refractivity contribution in [3.8, 4) is 0 Å². The van der Waals surface area contributed by atoms with Crippen molar-refractivity contribution in [2.45, 2.75) is 26.2 Å². The van der Waals surface area contributed by atoms with Gasteiger partial charge >= 0.3 is 0 Å². The van der Waals surface area contributed by atoms with Gasteiger partial charge in [-0.2, -0.15) is 0 Å². The van der Waals surface area contributed by atoms with E-state index in [-0.39, 0.29) is 30.2 Å². The molecule has 6 heteroatoms. The predicted octanol–water partition coefficient (Wildman–Crippen LogP) is 3.46. The van der Waals surface area contributed by atoms with Crippen LogP contribution in [0.25, 0.3) is 0 Å². The number of nitro benzene ring substituents is 1. The fourth-order valence-electron chi connectivity index (χ4n) is 3.12. The second-order valence-corrected chi connectivity index (χ2v) is 6.10. The molecule has 1 amide bonds. The van der Waals surface area contributed by atoms with Gasteiger partial charge in [0.2, 0.25) is 5.91 Å². The molecular weight excluding hydrogens is 320 g/mol. The van der Waals surface area contributed by atoms with Crippen molar-refractivity contribution in [3.63, 3.8) is 0 Å². The van der Waals surface area contributed by atoms with Gasteiger partial charge < -0.3 is 4.90 Å². The molecule has 128 valence electrons. The van der Waals surface area contributed by atoms with Gasteiger partial charge in [0, 0.05) is 37.1 Å². The standard InChI is InChI=1S/C19H18N2O4/c1-13-4-2-3-5-16(13)18(22)8-9-19(23)20-11-10-14-6-7-15(21(24)25)12-17(14)20/h2-7,12H,8-11H2,1H3. The number of benzene rings is 2. The monoisotopic (exact) mass is 338 g/mol. The van der Waals surface area contributed by atoms with E-state index in [9.17, 15) is 19.7 Å². The molecule has 0 aliphatic carbocycles. The van der Waals surface area contributed by atoms with E-state index in [1.807, 2.05) is 19.1 Å². The number of carbonyl (C=O) groups excluding carboxylic acids is 2. The van der Waals surface area contributed by atoms with E-state index in [1.54, 1.807) is 23.1 Å². The Balaban J connectivity index is 1.70. The van der Waals surface area contributed by atoms with Gasteiger partial charge in [0.05, 0.1) is 10.6 Å². The fourth-order valence-corrected chi connectivity index (χ4v) is 3.12. The molecule has 6 nitrogen and oxygen atoms in total. The third-order valence-corrected chi connectivity index (χ3v) is 4.49. The third kappa shape index (κ3) is 3.42. The molecule has 1 aliphatic rings. The SMILES string of the molecule is Cc1ccccc1C(=O)CCC(=O)N1CCc2ccc([N+](=O)[O-])cc21. The van der Waals surface area contributed by atoms with Crippen LogP contribution in [0.5, 0.6) is 0 Å². The summed E-state index contributed by atoms with van der Waals surface area (Å²) in [5, 5.41) is 10.9. The minimum Gasteiger partial charge on any atom is -0.312 e. The summed E-state index contributed by atoms with van der Waals surface area (Å²) in [7, 11) is 0. The van der Waals surface area contributed by atoms with Crippen molar-refractivity contribution in [2.75, 3.05) is 11.4 Å². The van der Waals surface area contributed by atoms with Gasteiger partial charge in [-0.25, -0.2) is 0 Å². The second-order valence-electron chi connectivity index (χ2n) is 6.10. The van der Waals surface area contributed by atoms with Crippen LogP contribution < -0.4 is 4.90 Å². The number of Topliss-reactive ketones (excluding diaryl/α,β-unsaturated/α-hetero) is 1. The van der Waals surface area contributed by atoms with Gasteiger partial charge in [0.25, 0.3) is 5.69 Å². The molecule has 0 spiro atoms. The van der Waals surface area contributed by atoms with Gasteiger partial charge in [-0.1, -0.05) is 30.3 Å². The summed E-state index contributed by atoms with van der Waals surface area (Å²) in [5.41, 5.74) is 3.00. The number of nitro groups is 1. The largest absolute Gasteiger partial charge is 0.312 e. The zero-order valence-corrected chi connectivity index (χ0v) is 13.9. The molecule has 2 aromatic carbocycles. The molecule has 0 fully saturated rings. The van der Waals surface area contributed by atoms with Crippen molar-refractivity contribution in [3.05, 3.63) is 69.3 Å². The van der Waals surface area contributed by atoms with Gasteiger partial charge in [0.15, 0.2) is 5.78 Å². The Labute approximate surface area is 145 Å². The van der Waals surface area contributed by atoms with Crippen LogP contribution >= 0.6 is 0 Å². The number of ketones is 1. The Kier molecular flexibility index (Phi) is 4.61. The molecule has 0 radical (unpaired) electrons. The average Bonchev–Trinajstić information content (AvgIpc) is 3.03. The third-order valence-electron chi connectivity index (χ3n) is 4.49. The van der Waals surface area contributed by atoms with Crippen LogP contribution in [-0.2, 0) is 11.2 Å². The van der Waals surface area contributed by atoms with E-state index in [4.69, 9.17) is 0 Å². The summed E-state index contributed by atoms with van der Waals surface area (Å²) < 4.78 is 0. The van der Waals surface area contributed by atoms with Crippen molar-refractivity contribution >= 4 is 23.1 Å². The first kappa shape index (κ1) is 16.8. The second kappa shape index (κ2) is 6.84. The van der Waals surface area contributed by atoms with Crippen LogP contribution in [0.4, 0.5) is 11.4 Å². The Morgan fingerprint density at radius 2 is 1.92 bits per heavy atom. The molecule has 2 aromatic rings. The Bertz CT molecular complexity index is 860. The molecule has 0 saturated carbocycles. The highest BCUT2D eigenvalue weighted by Gasteiger charge is 2.27. The van der Waals surface area contributed by atoms with Crippen LogP contribution in [0.1, 0.15) is 34.3 Å². The first-order valence-corrected chi connectivity index (χ1v) is 8.14. The number of aryl methyl sites for hydroxylation is 1. The van der Waals surface area contributed by atoms with Crippen LogP contribution in [0.3, 0.4) is 0 Å². The maximum atomic E-state index is 12.5. The number of non-ortho nitro benzene ring substituents is 1. The summed E-state index contributed by atoms with van der Waals surface area (Å²) in [6, 6.07) is 11.9. The Morgan fingerprint density at radius 1 is 1.16 bits per heavy atom.